The first-order chi connectivity index (χ1) is 9.29. The highest BCUT2D eigenvalue weighted by molar-refractivity contribution is 7.10. The van der Waals surface area contributed by atoms with E-state index in [9.17, 15) is 0 Å². The van der Waals surface area contributed by atoms with Gasteiger partial charge in [-0.3, -0.25) is 4.98 Å². The number of anilines is 2. The number of pyridine rings is 1. The van der Waals surface area contributed by atoms with Crippen molar-refractivity contribution >= 4 is 33.0 Å². The Morgan fingerprint density at radius 1 is 1.32 bits per heavy atom. The molecule has 0 unspecified atom stereocenters. The van der Waals surface area contributed by atoms with Gasteiger partial charge in [-0.15, -0.1) is 0 Å². The van der Waals surface area contributed by atoms with E-state index >= 15 is 0 Å². The first kappa shape index (κ1) is 11.6. The predicted molar refractivity (Wildman–Crippen MR) is 76.6 cm³/mol. The van der Waals surface area contributed by atoms with Crippen LogP contribution in [-0.4, -0.2) is 9.36 Å². The second kappa shape index (κ2) is 4.67. The topological polar surface area (TPSA) is 61.6 Å². The van der Waals surface area contributed by atoms with E-state index in [-0.39, 0.29) is 0 Å². The molecule has 0 bridgehead atoms. The van der Waals surface area contributed by atoms with Crippen molar-refractivity contribution in [1.82, 2.24) is 9.36 Å². The number of aryl methyl sites for hydroxylation is 1. The predicted octanol–water partition coefficient (Wildman–Crippen LogP) is 3.62. The molecule has 0 aliphatic heterocycles. The van der Waals surface area contributed by atoms with Gasteiger partial charge in [0, 0.05) is 28.9 Å². The largest absolute Gasteiger partial charge is 0.344 e. The molecule has 19 heavy (non-hydrogen) atoms. The van der Waals surface area contributed by atoms with Gasteiger partial charge < -0.3 is 5.32 Å². The molecule has 0 fully saturated rings. The van der Waals surface area contributed by atoms with E-state index in [1.165, 1.54) is 11.5 Å². The van der Waals surface area contributed by atoms with Crippen molar-refractivity contribution in [2.75, 3.05) is 5.32 Å². The van der Waals surface area contributed by atoms with Gasteiger partial charge in [-0.05, 0) is 30.6 Å². The second-order valence-corrected chi connectivity index (χ2v) is 4.88. The van der Waals surface area contributed by atoms with Crippen LogP contribution in [0.25, 0.3) is 10.8 Å². The van der Waals surface area contributed by atoms with Gasteiger partial charge >= 0.3 is 0 Å². The van der Waals surface area contributed by atoms with Crippen molar-refractivity contribution in [3.63, 3.8) is 0 Å². The fourth-order valence-electron chi connectivity index (χ4n) is 1.94. The van der Waals surface area contributed by atoms with Gasteiger partial charge in [-0.2, -0.15) is 9.64 Å². The van der Waals surface area contributed by atoms with Gasteiger partial charge in [-0.1, -0.05) is 12.1 Å². The number of fused-ring (bicyclic) bond motifs is 1. The molecule has 0 saturated carbocycles. The summed E-state index contributed by atoms with van der Waals surface area (Å²) < 4.78 is 4.21. The molecule has 3 aromatic rings. The maximum atomic E-state index is 9.15. The Morgan fingerprint density at radius 3 is 3.05 bits per heavy atom. The van der Waals surface area contributed by atoms with E-state index in [1.54, 1.807) is 6.20 Å². The number of aromatic nitrogens is 2. The summed E-state index contributed by atoms with van der Waals surface area (Å²) in [5.74, 6) is 0. The molecule has 3 rings (SSSR count). The fraction of sp³-hybridized carbons (Fsp3) is 0.0714. The third-order valence-corrected chi connectivity index (χ3v) is 3.76. The zero-order chi connectivity index (χ0) is 13.2. The van der Waals surface area contributed by atoms with Crippen molar-refractivity contribution in [3.05, 3.63) is 47.9 Å². The molecule has 0 radical (unpaired) electrons. The van der Waals surface area contributed by atoms with Crippen LogP contribution in [0, 0.1) is 18.3 Å². The molecule has 0 amide bonds. The van der Waals surface area contributed by atoms with Gasteiger partial charge in [-0.25, -0.2) is 0 Å². The third-order valence-electron chi connectivity index (χ3n) is 2.90. The van der Waals surface area contributed by atoms with Crippen LogP contribution in [0.1, 0.15) is 11.3 Å². The Kier molecular flexibility index (Phi) is 2.86. The van der Waals surface area contributed by atoms with Crippen LogP contribution < -0.4 is 5.32 Å². The van der Waals surface area contributed by atoms with E-state index in [1.807, 2.05) is 37.4 Å². The summed E-state index contributed by atoms with van der Waals surface area (Å²) in [7, 11) is 0. The average Bonchev–Trinajstić information content (AvgIpc) is 2.79. The Labute approximate surface area is 114 Å². The molecule has 2 aromatic heterocycles. The monoisotopic (exact) mass is 266 g/mol. The van der Waals surface area contributed by atoms with E-state index in [0.717, 1.165) is 27.2 Å². The molecule has 1 aromatic carbocycles. The van der Waals surface area contributed by atoms with Crippen molar-refractivity contribution in [1.29, 1.82) is 5.26 Å². The Hall–Kier alpha value is -2.45. The molecule has 5 heteroatoms. The molecule has 0 aliphatic rings. The maximum absolute atomic E-state index is 9.15. The standard InChI is InChI=1S/C14H10N4S/c1-9-12(7-15)14(19-18-9)17-13-4-2-3-10-8-16-6-5-11(10)13/h2-6,8,17H,1H3. The van der Waals surface area contributed by atoms with E-state index in [2.05, 4.69) is 20.7 Å². The summed E-state index contributed by atoms with van der Waals surface area (Å²) in [6.45, 7) is 1.84. The molecule has 2 heterocycles. The van der Waals surface area contributed by atoms with Crippen LogP contribution in [0.2, 0.25) is 0 Å². The van der Waals surface area contributed by atoms with Crippen molar-refractivity contribution < 1.29 is 0 Å². The van der Waals surface area contributed by atoms with Crippen LogP contribution in [0.5, 0.6) is 0 Å². The van der Waals surface area contributed by atoms with Gasteiger partial charge in [0.1, 0.15) is 16.6 Å². The zero-order valence-electron chi connectivity index (χ0n) is 10.2. The van der Waals surface area contributed by atoms with Gasteiger partial charge in [0.15, 0.2) is 0 Å². The Balaban J connectivity index is 2.09. The van der Waals surface area contributed by atoms with Crippen molar-refractivity contribution in [2.24, 2.45) is 0 Å². The number of nitriles is 1. The molecule has 0 saturated heterocycles. The van der Waals surface area contributed by atoms with Gasteiger partial charge in [0.2, 0.25) is 0 Å². The summed E-state index contributed by atoms with van der Waals surface area (Å²) in [6.07, 6.45) is 3.58. The maximum Gasteiger partial charge on any atom is 0.132 e. The Bertz CT molecular complexity index is 780. The Morgan fingerprint density at radius 2 is 2.21 bits per heavy atom. The quantitative estimate of drug-likeness (QED) is 0.769. The summed E-state index contributed by atoms with van der Waals surface area (Å²) >= 11 is 1.30. The SMILES string of the molecule is Cc1nsc(Nc2cccc3cnccc23)c1C#N. The van der Waals surface area contributed by atoms with Crippen molar-refractivity contribution in [2.45, 2.75) is 6.92 Å². The molecule has 0 atom stereocenters. The lowest BCUT2D eigenvalue weighted by Gasteiger charge is -2.07. The molecule has 1 N–H and O–H groups in total. The highest BCUT2D eigenvalue weighted by atomic mass is 32.1. The molecular weight excluding hydrogens is 256 g/mol. The van der Waals surface area contributed by atoms with Crippen LogP contribution in [0.4, 0.5) is 10.7 Å². The first-order valence-electron chi connectivity index (χ1n) is 5.76. The van der Waals surface area contributed by atoms with Gasteiger partial charge in [0.05, 0.1) is 5.69 Å². The number of rotatable bonds is 2. The van der Waals surface area contributed by atoms with Crippen molar-refractivity contribution in [3.8, 4) is 6.07 Å². The van der Waals surface area contributed by atoms with Gasteiger partial charge in [0.25, 0.3) is 0 Å². The molecule has 0 spiro atoms. The lowest BCUT2D eigenvalue weighted by molar-refractivity contribution is 1.31. The van der Waals surface area contributed by atoms with Crippen LogP contribution in [-0.2, 0) is 0 Å². The summed E-state index contributed by atoms with van der Waals surface area (Å²) in [4.78, 5) is 4.11. The van der Waals surface area contributed by atoms with Crippen LogP contribution >= 0.6 is 11.5 Å². The minimum Gasteiger partial charge on any atom is -0.344 e. The highest BCUT2D eigenvalue weighted by Gasteiger charge is 2.11. The smallest absolute Gasteiger partial charge is 0.132 e. The second-order valence-electron chi connectivity index (χ2n) is 4.11. The number of hydrogen-bond acceptors (Lipinski definition) is 5. The van der Waals surface area contributed by atoms with Crippen LogP contribution in [0.15, 0.2) is 36.7 Å². The minimum absolute atomic E-state index is 0.607. The summed E-state index contributed by atoms with van der Waals surface area (Å²) in [6, 6.07) is 10.1. The normalized spacial score (nSPS) is 10.3. The number of nitrogens with one attached hydrogen (secondary N) is 1. The molecular formula is C14H10N4S. The molecule has 4 nitrogen and oxygen atoms in total. The number of nitrogens with zero attached hydrogens (tertiary/aromatic N) is 3. The minimum atomic E-state index is 0.607. The molecule has 0 aliphatic carbocycles. The highest BCUT2D eigenvalue weighted by Crippen LogP contribution is 2.30. The third kappa shape index (κ3) is 2.02. The zero-order valence-corrected chi connectivity index (χ0v) is 11.0. The lowest BCUT2D eigenvalue weighted by atomic mass is 10.1. The average molecular weight is 266 g/mol. The fourth-order valence-corrected chi connectivity index (χ4v) is 2.70. The number of benzene rings is 1. The van der Waals surface area contributed by atoms with Crippen LogP contribution in [0.3, 0.4) is 0 Å². The lowest BCUT2D eigenvalue weighted by Crippen LogP contribution is -1.92. The van der Waals surface area contributed by atoms with E-state index < -0.39 is 0 Å². The number of hydrogen-bond donors (Lipinski definition) is 1. The summed E-state index contributed by atoms with van der Waals surface area (Å²) in [5, 5.41) is 15.4. The first-order valence-corrected chi connectivity index (χ1v) is 6.53. The molecule has 92 valence electrons. The van der Waals surface area contributed by atoms with E-state index in [0.29, 0.717) is 5.56 Å². The summed E-state index contributed by atoms with van der Waals surface area (Å²) in [5.41, 5.74) is 2.33. The van der Waals surface area contributed by atoms with E-state index in [4.69, 9.17) is 5.26 Å².